The van der Waals surface area contributed by atoms with E-state index in [0.29, 0.717) is 28.0 Å². The molecule has 1 aromatic carbocycles. The molecule has 6 nitrogen and oxygen atoms in total. The lowest BCUT2D eigenvalue weighted by molar-refractivity contribution is 0.0927. The number of pyridine rings is 1. The third-order valence-electron chi connectivity index (χ3n) is 5.18. The van der Waals surface area contributed by atoms with Gasteiger partial charge in [0.25, 0.3) is 11.5 Å². The quantitative estimate of drug-likeness (QED) is 0.777. The van der Waals surface area contributed by atoms with Gasteiger partial charge in [-0.3, -0.25) is 14.2 Å². The van der Waals surface area contributed by atoms with Crippen LogP contribution >= 0.6 is 0 Å². The van der Waals surface area contributed by atoms with Crippen LogP contribution in [-0.4, -0.2) is 26.5 Å². The number of amides is 1. The van der Waals surface area contributed by atoms with E-state index in [1.165, 1.54) is 23.8 Å². The van der Waals surface area contributed by atoms with Gasteiger partial charge in [-0.15, -0.1) is 0 Å². The summed E-state index contributed by atoms with van der Waals surface area (Å²) in [6, 6.07) is 11.0. The highest BCUT2D eigenvalue weighted by molar-refractivity contribution is 5.94. The summed E-state index contributed by atoms with van der Waals surface area (Å²) in [5.41, 5.74) is 2.65. The largest absolute Gasteiger partial charge is 0.349 e. The number of hydrogen-bond donors (Lipinski definition) is 1. The minimum absolute atomic E-state index is 0.0583. The topological polar surface area (TPSA) is 76.9 Å². The highest BCUT2D eigenvalue weighted by atomic mass is 16.1. The van der Waals surface area contributed by atoms with Crippen molar-refractivity contribution in [3.8, 4) is 11.3 Å². The van der Waals surface area contributed by atoms with E-state index in [0.717, 1.165) is 12.8 Å². The van der Waals surface area contributed by atoms with E-state index in [-0.39, 0.29) is 17.5 Å². The van der Waals surface area contributed by atoms with Crippen LogP contribution in [0, 0.1) is 0 Å². The number of carbonyl (C=O) groups excluding carboxylic acids is 1. The summed E-state index contributed by atoms with van der Waals surface area (Å²) in [7, 11) is 1.69. The van der Waals surface area contributed by atoms with Gasteiger partial charge in [-0.25, -0.2) is 9.97 Å². The molecule has 1 aliphatic carbocycles. The zero-order chi connectivity index (χ0) is 18.8. The Hall–Kier alpha value is -3.02. The number of benzene rings is 1. The van der Waals surface area contributed by atoms with Crippen molar-refractivity contribution in [2.24, 2.45) is 7.05 Å². The summed E-state index contributed by atoms with van der Waals surface area (Å²) in [5, 5.41) is 3.11. The van der Waals surface area contributed by atoms with Gasteiger partial charge in [-0.05, 0) is 37.1 Å². The Morgan fingerprint density at radius 2 is 1.85 bits per heavy atom. The average molecular weight is 362 g/mol. The van der Waals surface area contributed by atoms with E-state index in [4.69, 9.17) is 0 Å². The second-order valence-corrected chi connectivity index (χ2v) is 7.06. The maximum atomic E-state index is 12.6. The Labute approximate surface area is 157 Å². The lowest BCUT2D eigenvalue weighted by Crippen LogP contribution is -2.36. The molecule has 0 atom stereocenters. The third kappa shape index (κ3) is 3.47. The molecule has 1 saturated carbocycles. The van der Waals surface area contributed by atoms with Crippen molar-refractivity contribution in [2.45, 2.75) is 38.1 Å². The summed E-state index contributed by atoms with van der Waals surface area (Å²) in [6.45, 7) is 0. The summed E-state index contributed by atoms with van der Waals surface area (Å²) < 4.78 is 1.50. The van der Waals surface area contributed by atoms with Crippen LogP contribution in [0.25, 0.3) is 22.4 Å². The van der Waals surface area contributed by atoms with Crippen LogP contribution in [0.5, 0.6) is 0 Å². The van der Waals surface area contributed by atoms with E-state index in [2.05, 4.69) is 15.3 Å². The highest BCUT2D eigenvalue weighted by Gasteiger charge is 2.17. The first kappa shape index (κ1) is 17.4. The molecule has 2 aromatic heterocycles. The highest BCUT2D eigenvalue weighted by Crippen LogP contribution is 2.19. The smallest absolute Gasteiger partial charge is 0.278 e. The maximum absolute atomic E-state index is 12.6. The van der Waals surface area contributed by atoms with Crippen molar-refractivity contribution in [3.63, 3.8) is 0 Å². The van der Waals surface area contributed by atoms with E-state index in [9.17, 15) is 9.59 Å². The normalized spacial score (nSPS) is 15.0. The van der Waals surface area contributed by atoms with E-state index < -0.39 is 0 Å². The first-order valence-corrected chi connectivity index (χ1v) is 9.36. The van der Waals surface area contributed by atoms with Crippen molar-refractivity contribution in [3.05, 3.63) is 58.5 Å². The molecule has 0 bridgehead atoms. The Morgan fingerprint density at radius 1 is 1.11 bits per heavy atom. The van der Waals surface area contributed by atoms with Gasteiger partial charge in [0.15, 0.2) is 5.65 Å². The fraction of sp³-hybridized carbons (Fsp3) is 0.333. The number of hydrogen-bond acceptors (Lipinski definition) is 4. The number of nitrogens with one attached hydrogen (secondary N) is 1. The minimum Gasteiger partial charge on any atom is -0.349 e. The fourth-order valence-electron chi connectivity index (χ4n) is 3.64. The molecular formula is C21H22N4O2. The molecule has 4 rings (SSSR count). The molecule has 0 aliphatic heterocycles. The summed E-state index contributed by atoms with van der Waals surface area (Å²) in [6.07, 6.45) is 7.35. The molecule has 0 radical (unpaired) electrons. The van der Waals surface area contributed by atoms with Gasteiger partial charge in [-0.2, -0.15) is 0 Å². The van der Waals surface area contributed by atoms with Gasteiger partial charge in [0.05, 0.1) is 0 Å². The second kappa shape index (κ2) is 7.31. The van der Waals surface area contributed by atoms with Gasteiger partial charge in [0.2, 0.25) is 0 Å². The van der Waals surface area contributed by atoms with Gasteiger partial charge < -0.3 is 5.32 Å². The van der Waals surface area contributed by atoms with E-state index in [1.54, 1.807) is 43.6 Å². The molecule has 6 heteroatoms. The first-order chi connectivity index (χ1) is 13.1. The molecule has 138 valence electrons. The molecule has 27 heavy (non-hydrogen) atoms. The Bertz CT molecular complexity index is 1030. The predicted octanol–water partition coefficient (Wildman–Crippen LogP) is 3.06. The lowest BCUT2D eigenvalue weighted by Gasteiger charge is -2.22. The number of rotatable bonds is 3. The molecule has 1 N–H and O–H groups in total. The molecule has 1 fully saturated rings. The SMILES string of the molecule is Cn1c(=O)c(-c2ccc(C(=O)NC3CCCCC3)cc2)nc2cccnc21. The van der Waals surface area contributed by atoms with Crippen molar-refractivity contribution in [1.29, 1.82) is 0 Å². The maximum Gasteiger partial charge on any atom is 0.278 e. The van der Waals surface area contributed by atoms with E-state index >= 15 is 0 Å². The van der Waals surface area contributed by atoms with Gasteiger partial charge in [0.1, 0.15) is 11.2 Å². The second-order valence-electron chi connectivity index (χ2n) is 7.06. The van der Waals surface area contributed by atoms with Crippen molar-refractivity contribution in [2.75, 3.05) is 0 Å². The van der Waals surface area contributed by atoms with Gasteiger partial charge in [-0.1, -0.05) is 31.4 Å². The molecular weight excluding hydrogens is 340 g/mol. The van der Waals surface area contributed by atoms with Crippen LogP contribution < -0.4 is 10.9 Å². The molecule has 0 unspecified atom stereocenters. The summed E-state index contributed by atoms with van der Waals surface area (Å²) >= 11 is 0. The van der Waals surface area contributed by atoms with Crippen LogP contribution in [-0.2, 0) is 7.05 Å². The van der Waals surface area contributed by atoms with Crippen molar-refractivity contribution >= 4 is 17.1 Å². The Kier molecular flexibility index (Phi) is 4.71. The van der Waals surface area contributed by atoms with Crippen LogP contribution in [0.3, 0.4) is 0 Å². The fourth-order valence-corrected chi connectivity index (χ4v) is 3.64. The average Bonchev–Trinajstić information content (AvgIpc) is 2.71. The molecule has 0 saturated heterocycles. The standard InChI is InChI=1S/C21H22N4O2/c1-25-19-17(8-5-13-22-19)24-18(21(25)27)14-9-11-15(12-10-14)20(26)23-16-6-3-2-4-7-16/h5,8-13,16H,2-4,6-7H2,1H3,(H,23,26). The van der Waals surface area contributed by atoms with Crippen molar-refractivity contribution < 1.29 is 4.79 Å². The van der Waals surface area contributed by atoms with Gasteiger partial charge in [0, 0.05) is 30.4 Å². The molecule has 1 amide bonds. The Balaban J connectivity index is 1.60. The molecule has 0 spiro atoms. The number of carbonyl (C=O) groups is 1. The van der Waals surface area contributed by atoms with Crippen molar-refractivity contribution in [1.82, 2.24) is 19.9 Å². The molecule has 1 aliphatic rings. The van der Waals surface area contributed by atoms with Crippen LogP contribution in [0.1, 0.15) is 42.5 Å². The first-order valence-electron chi connectivity index (χ1n) is 9.36. The van der Waals surface area contributed by atoms with Crippen LogP contribution in [0.4, 0.5) is 0 Å². The number of fused-ring (bicyclic) bond motifs is 1. The number of aryl methyl sites for hydroxylation is 1. The predicted molar refractivity (Wildman–Crippen MR) is 105 cm³/mol. The zero-order valence-corrected chi connectivity index (χ0v) is 15.3. The molecule has 3 aromatic rings. The monoisotopic (exact) mass is 362 g/mol. The van der Waals surface area contributed by atoms with Crippen LogP contribution in [0.2, 0.25) is 0 Å². The van der Waals surface area contributed by atoms with E-state index in [1.807, 2.05) is 6.07 Å². The summed E-state index contributed by atoms with van der Waals surface area (Å²) in [4.78, 5) is 33.8. The number of nitrogens with zero attached hydrogens (tertiary/aromatic N) is 3. The Morgan fingerprint density at radius 3 is 2.59 bits per heavy atom. The third-order valence-corrected chi connectivity index (χ3v) is 5.18. The van der Waals surface area contributed by atoms with Crippen LogP contribution in [0.15, 0.2) is 47.4 Å². The van der Waals surface area contributed by atoms with Gasteiger partial charge >= 0.3 is 0 Å². The zero-order valence-electron chi connectivity index (χ0n) is 15.3. The molecule has 2 heterocycles. The lowest BCUT2D eigenvalue weighted by atomic mass is 9.95. The summed E-state index contributed by atoms with van der Waals surface area (Å²) in [5.74, 6) is -0.0583. The minimum atomic E-state index is -0.208. The number of aromatic nitrogens is 3.